The molecule has 0 atom stereocenters. The van der Waals surface area contributed by atoms with Crippen molar-refractivity contribution in [3.63, 3.8) is 0 Å². The maximum absolute atomic E-state index is 8.34. The molecule has 0 aliphatic rings. The molecule has 5 heteroatoms. The Morgan fingerprint density at radius 1 is 1.43 bits per heavy atom. The van der Waals surface area contributed by atoms with Crippen molar-refractivity contribution in [2.45, 2.75) is 0 Å². The molecule has 0 amide bonds. The van der Waals surface area contributed by atoms with Crippen molar-refractivity contribution in [3.05, 3.63) is 0 Å². The summed E-state index contributed by atoms with van der Waals surface area (Å²) in [5.74, 6) is 0. The van der Waals surface area contributed by atoms with Crippen molar-refractivity contribution in [1.82, 2.24) is 4.89 Å². The topological polar surface area (TPSA) is 41.9 Å². The zero-order chi connectivity index (χ0) is 5.70. The molecule has 0 saturated heterocycles. The van der Waals surface area contributed by atoms with Crippen molar-refractivity contribution < 1.29 is 14.5 Å². The first-order valence-electron chi connectivity index (χ1n) is 1.81. The second-order valence-electron chi connectivity index (χ2n) is 0.839. The molecule has 0 aromatic carbocycles. The van der Waals surface area contributed by atoms with Crippen LogP contribution in [0.4, 0.5) is 0 Å². The Balaban J connectivity index is 2.99. The van der Waals surface area contributed by atoms with E-state index in [-0.39, 0.29) is 0 Å². The van der Waals surface area contributed by atoms with Crippen LogP contribution in [0.2, 0.25) is 0 Å². The highest BCUT2D eigenvalue weighted by Gasteiger charge is 1.94. The SMILES string of the molecule is CON(OC)[SiH2]O. The first-order valence-corrected chi connectivity index (χ1v) is 3.08. The molecule has 0 bridgehead atoms. The fraction of sp³-hybridized carbons (Fsp3) is 1.00. The van der Waals surface area contributed by atoms with Gasteiger partial charge < -0.3 is 4.80 Å². The van der Waals surface area contributed by atoms with E-state index in [2.05, 4.69) is 9.68 Å². The summed E-state index contributed by atoms with van der Waals surface area (Å²) in [6.07, 6.45) is 0. The average molecular weight is 123 g/mol. The van der Waals surface area contributed by atoms with Gasteiger partial charge in [-0.25, -0.2) is 0 Å². The summed E-state index contributed by atoms with van der Waals surface area (Å²) in [4.78, 5) is 18.4. The van der Waals surface area contributed by atoms with Gasteiger partial charge >= 0.3 is 0 Å². The highest BCUT2D eigenvalue weighted by Crippen LogP contribution is 1.78. The summed E-state index contributed by atoms with van der Waals surface area (Å²) in [7, 11) is 1.59. The van der Waals surface area contributed by atoms with Crippen LogP contribution in [0.15, 0.2) is 0 Å². The van der Waals surface area contributed by atoms with Gasteiger partial charge in [0, 0.05) is 0 Å². The molecule has 0 aromatic rings. The molecule has 0 spiro atoms. The fourth-order valence-electron chi connectivity index (χ4n) is 0.190. The molecule has 0 rings (SSSR count). The molecule has 0 radical (unpaired) electrons. The zero-order valence-corrected chi connectivity index (χ0v) is 5.83. The average Bonchev–Trinajstić information content (AvgIpc) is 1.72. The highest BCUT2D eigenvalue weighted by molar-refractivity contribution is 6.19. The minimum absolute atomic E-state index is 1.07. The van der Waals surface area contributed by atoms with Crippen molar-refractivity contribution >= 4 is 9.92 Å². The van der Waals surface area contributed by atoms with Crippen molar-refractivity contribution in [2.24, 2.45) is 0 Å². The molecule has 44 valence electrons. The second-order valence-corrected chi connectivity index (χ2v) is 1.64. The molecule has 0 aromatic heterocycles. The Kier molecular flexibility index (Phi) is 4.26. The lowest BCUT2D eigenvalue weighted by atomic mass is 11.7. The number of hydrogen-bond donors (Lipinski definition) is 1. The van der Waals surface area contributed by atoms with Gasteiger partial charge in [-0.15, -0.1) is 0 Å². The fourth-order valence-corrected chi connectivity index (χ4v) is 0.421. The zero-order valence-electron chi connectivity index (χ0n) is 4.42. The van der Waals surface area contributed by atoms with Gasteiger partial charge in [0.1, 0.15) is 0 Å². The molecule has 0 saturated carbocycles. The summed E-state index contributed by atoms with van der Waals surface area (Å²) in [5.41, 5.74) is 0. The van der Waals surface area contributed by atoms with E-state index in [9.17, 15) is 0 Å². The van der Waals surface area contributed by atoms with Gasteiger partial charge in [-0.3, -0.25) is 9.68 Å². The first-order chi connectivity index (χ1) is 3.35. The van der Waals surface area contributed by atoms with E-state index < -0.39 is 9.92 Å². The van der Waals surface area contributed by atoms with Crippen molar-refractivity contribution in [2.75, 3.05) is 14.2 Å². The number of hydrogen-bond acceptors (Lipinski definition) is 4. The lowest BCUT2D eigenvalue weighted by Gasteiger charge is -2.10. The smallest absolute Gasteiger partial charge is 0.297 e. The van der Waals surface area contributed by atoms with E-state index in [1.54, 1.807) is 0 Å². The summed E-state index contributed by atoms with van der Waals surface area (Å²) >= 11 is 0. The normalized spacial score (nSPS) is 12.0. The molecule has 0 fully saturated rings. The Bertz CT molecular complexity index is 34.4. The van der Waals surface area contributed by atoms with Crippen LogP contribution < -0.4 is 0 Å². The molecule has 0 unspecified atom stereocenters. The van der Waals surface area contributed by atoms with Crippen LogP contribution in [-0.2, 0) is 9.68 Å². The van der Waals surface area contributed by atoms with E-state index in [0.29, 0.717) is 0 Å². The highest BCUT2D eigenvalue weighted by atomic mass is 28.2. The molecule has 4 nitrogen and oxygen atoms in total. The van der Waals surface area contributed by atoms with E-state index in [1.165, 1.54) is 14.2 Å². The van der Waals surface area contributed by atoms with Crippen LogP contribution in [0.1, 0.15) is 0 Å². The molecule has 0 heterocycles. The Hall–Kier alpha value is 0.0569. The summed E-state index contributed by atoms with van der Waals surface area (Å²) in [6.45, 7) is 0. The van der Waals surface area contributed by atoms with Crippen LogP contribution in [0.25, 0.3) is 0 Å². The van der Waals surface area contributed by atoms with Gasteiger partial charge in [0.2, 0.25) is 0 Å². The maximum atomic E-state index is 8.34. The number of nitrogens with zero attached hydrogens (tertiary/aromatic N) is 1. The summed E-state index contributed by atoms with van der Waals surface area (Å²) < 4.78 is 0. The minimum Gasteiger partial charge on any atom is -0.421 e. The largest absolute Gasteiger partial charge is 0.421 e. The Morgan fingerprint density at radius 2 is 1.86 bits per heavy atom. The predicted molar refractivity (Wildman–Crippen MR) is 26.6 cm³/mol. The van der Waals surface area contributed by atoms with Crippen molar-refractivity contribution in [1.29, 1.82) is 0 Å². The lowest BCUT2D eigenvalue weighted by Crippen LogP contribution is -2.24. The van der Waals surface area contributed by atoms with Gasteiger partial charge in [0.25, 0.3) is 9.92 Å². The predicted octanol–water partition coefficient (Wildman–Crippen LogP) is -1.60. The molecule has 0 aliphatic carbocycles. The lowest BCUT2D eigenvalue weighted by molar-refractivity contribution is -0.282. The monoisotopic (exact) mass is 123 g/mol. The standard InChI is InChI=1S/C2H9NO3Si/c1-5-3(6-2)7-4/h4H,7H2,1-2H3. The first kappa shape index (κ1) is 7.06. The molecule has 0 aliphatic heterocycles. The Labute approximate surface area is 44.6 Å². The van der Waals surface area contributed by atoms with E-state index in [1.807, 2.05) is 0 Å². The van der Waals surface area contributed by atoms with Gasteiger partial charge in [-0.05, 0) is 0 Å². The van der Waals surface area contributed by atoms with E-state index >= 15 is 0 Å². The second kappa shape index (κ2) is 4.22. The van der Waals surface area contributed by atoms with Gasteiger partial charge in [0.05, 0.1) is 14.2 Å². The third kappa shape index (κ3) is 2.72. The van der Waals surface area contributed by atoms with Crippen LogP contribution in [-0.4, -0.2) is 33.8 Å². The van der Waals surface area contributed by atoms with Gasteiger partial charge in [-0.2, -0.15) is 0 Å². The van der Waals surface area contributed by atoms with E-state index in [4.69, 9.17) is 4.80 Å². The molecule has 1 N–H and O–H groups in total. The van der Waals surface area contributed by atoms with Crippen LogP contribution >= 0.6 is 0 Å². The summed E-state index contributed by atoms with van der Waals surface area (Å²) in [5, 5.41) is 0. The van der Waals surface area contributed by atoms with E-state index in [0.717, 1.165) is 4.89 Å². The number of rotatable bonds is 3. The third-order valence-electron chi connectivity index (χ3n) is 0.523. The van der Waals surface area contributed by atoms with Crippen LogP contribution in [0.3, 0.4) is 0 Å². The van der Waals surface area contributed by atoms with Gasteiger partial charge in [-0.1, -0.05) is 4.89 Å². The van der Waals surface area contributed by atoms with Crippen LogP contribution in [0.5, 0.6) is 0 Å². The molecular weight excluding hydrogens is 114 g/mol. The Morgan fingerprint density at radius 3 is 1.86 bits per heavy atom. The summed E-state index contributed by atoms with van der Waals surface area (Å²) in [6, 6.07) is 0. The van der Waals surface area contributed by atoms with Crippen LogP contribution in [0, 0.1) is 0 Å². The van der Waals surface area contributed by atoms with Gasteiger partial charge in [0.15, 0.2) is 0 Å². The minimum atomic E-state index is -1.28. The quantitative estimate of drug-likeness (QED) is 0.362. The molecular formula is C2H9NO3Si. The van der Waals surface area contributed by atoms with Crippen molar-refractivity contribution in [3.8, 4) is 0 Å². The molecule has 7 heavy (non-hydrogen) atoms. The maximum Gasteiger partial charge on any atom is 0.297 e. The third-order valence-corrected chi connectivity index (χ3v) is 1.27.